The first-order valence-corrected chi connectivity index (χ1v) is 6.53. The quantitative estimate of drug-likeness (QED) is 0.271. The SMILES string of the molecule is CC.CC(C)NC(=O)C(O)C(O)C(O)C(O)C(O)CO. The van der Waals surface area contributed by atoms with Gasteiger partial charge in [0, 0.05) is 6.04 Å². The largest absolute Gasteiger partial charge is 0.394 e. The molecule has 0 bridgehead atoms. The molecule has 0 rings (SSSR count). The molecule has 0 aliphatic heterocycles. The van der Waals surface area contributed by atoms with E-state index in [2.05, 4.69) is 5.32 Å². The van der Waals surface area contributed by atoms with Crippen LogP contribution in [0.3, 0.4) is 0 Å². The summed E-state index contributed by atoms with van der Waals surface area (Å²) >= 11 is 0. The first-order chi connectivity index (χ1) is 9.22. The van der Waals surface area contributed by atoms with Crippen molar-refractivity contribution in [1.82, 2.24) is 5.32 Å². The van der Waals surface area contributed by atoms with Gasteiger partial charge in [-0.3, -0.25) is 4.79 Å². The molecule has 0 fully saturated rings. The molecule has 0 radical (unpaired) electrons. The summed E-state index contributed by atoms with van der Waals surface area (Å²) < 4.78 is 0. The van der Waals surface area contributed by atoms with E-state index in [1.165, 1.54) is 0 Å². The lowest BCUT2D eigenvalue weighted by Gasteiger charge is -2.28. The molecular formula is C12H27NO7. The Balaban J connectivity index is 0. The monoisotopic (exact) mass is 297 g/mol. The van der Waals surface area contributed by atoms with Crippen molar-refractivity contribution in [2.45, 2.75) is 64.3 Å². The highest BCUT2D eigenvalue weighted by molar-refractivity contribution is 5.81. The lowest BCUT2D eigenvalue weighted by Crippen LogP contribution is -2.54. The summed E-state index contributed by atoms with van der Waals surface area (Å²) in [5.41, 5.74) is 0. The minimum atomic E-state index is -1.99. The molecule has 0 saturated carbocycles. The van der Waals surface area contributed by atoms with Gasteiger partial charge in [-0.05, 0) is 13.8 Å². The van der Waals surface area contributed by atoms with Gasteiger partial charge in [-0.2, -0.15) is 0 Å². The standard InChI is InChI=1S/C10H21NO7.C2H6/c1-4(2)11-10(18)9(17)8(16)7(15)6(14)5(13)3-12;1-2/h4-9,12-17H,3H2,1-2H3,(H,11,18);1-2H3. The average molecular weight is 297 g/mol. The molecule has 0 aliphatic rings. The summed E-state index contributed by atoms with van der Waals surface area (Å²) in [5.74, 6) is -0.915. The maximum absolute atomic E-state index is 11.3. The predicted molar refractivity (Wildman–Crippen MR) is 71.7 cm³/mol. The number of aliphatic hydroxyl groups is 6. The van der Waals surface area contributed by atoms with Gasteiger partial charge in [0.05, 0.1) is 6.61 Å². The van der Waals surface area contributed by atoms with Crippen molar-refractivity contribution in [1.29, 1.82) is 0 Å². The summed E-state index contributed by atoms with van der Waals surface area (Å²) in [5, 5.41) is 57.6. The van der Waals surface area contributed by atoms with Crippen LogP contribution in [-0.2, 0) is 4.79 Å². The first-order valence-electron chi connectivity index (χ1n) is 6.53. The van der Waals surface area contributed by atoms with Crippen LogP contribution in [0.1, 0.15) is 27.7 Å². The molecule has 20 heavy (non-hydrogen) atoms. The maximum Gasteiger partial charge on any atom is 0.251 e. The van der Waals surface area contributed by atoms with Crippen LogP contribution in [0.2, 0.25) is 0 Å². The zero-order valence-electron chi connectivity index (χ0n) is 12.3. The third-order valence-electron chi connectivity index (χ3n) is 2.30. The van der Waals surface area contributed by atoms with Crippen molar-refractivity contribution < 1.29 is 35.4 Å². The Morgan fingerprint density at radius 2 is 1.40 bits per heavy atom. The van der Waals surface area contributed by atoms with E-state index in [1.54, 1.807) is 13.8 Å². The second kappa shape index (κ2) is 11.0. The minimum Gasteiger partial charge on any atom is -0.394 e. The average Bonchev–Trinajstić information content (AvgIpc) is 2.44. The zero-order valence-corrected chi connectivity index (χ0v) is 12.3. The van der Waals surface area contributed by atoms with Crippen molar-refractivity contribution in [3.8, 4) is 0 Å². The number of rotatable bonds is 7. The van der Waals surface area contributed by atoms with Crippen LogP contribution in [0.4, 0.5) is 0 Å². The summed E-state index contributed by atoms with van der Waals surface area (Å²) in [4.78, 5) is 11.3. The van der Waals surface area contributed by atoms with Crippen LogP contribution in [0, 0.1) is 0 Å². The second-order valence-corrected chi connectivity index (χ2v) is 4.33. The highest BCUT2D eigenvalue weighted by atomic mass is 16.4. The fourth-order valence-electron chi connectivity index (χ4n) is 1.25. The van der Waals surface area contributed by atoms with Gasteiger partial charge in [-0.1, -0.05) is 13.8 Å². The number of carbonyl (C=O) groups excluding carboxylic acids is 1. The van der Waals surface area contributed by atoms with Crippen LogP contribution in [0.25, 0.3) is 0 Å². The zero-order chi connectivity index (χ0) is 16.5. The van der Waals surface area contributed by atoms with Gasteiger partial charge in [0.25, 0.3) is 5.91 Å². The van der Waals surface area contributed by atoms with E-state index in [0.717, 1.165) is 0 Å². The normalized spacial score (nSPS) is 18.4. The van der Waals surface area contributed by atoms with Crippen LogP contribution in [0.15, 0.2) is 0 Å². The second-order valence-electron chi connectivity index (χ2n) is 4.33. The van der Waals surface area contributed by atoms with Gasteiger partial charge < -0.3 is 36.0 Å². The Morgan fingerprint density at radius 1 is 0.950 bits per heavy atom. The van der Waals surface area contributed by atoms with E-state index in [-0.39, 0.29) is 6.04 Å². The Morgan fingerprint density at radius 3 is 1.75 bits per heavy atom. The smallest absolute Gasteiger partial charge is 0.251 e. The molecule has 5 atom stereocenters. The number of amides is 1. The maximum atomic E-state index is 11.3. The predicted octanol–water partition coefficient (Wildman–Crippen LogP) is -2.67. The molecule has 0 aliphatic carbocycles. The molecule has 0 heterocycles. The van der Waals surface area contributed by atoms with Crippen molar-refractivity contribution >= 4 is 5.91 Å². The van der Waals surface area contributed by atoms with Gasteiger partial charge in [0.2, 0.25) is 0 Å². The lowest BCUT2D eigenvalue weighted by atomic mass is 9.99. The third-order valence-corrected chi connectivity index (χ3v) is 2.30. The molecule has 0 aromatic rings. The van der Waals surface area contributed by atoms with Crippen LogP contribution in [-0.4, -0.2) is 79.7 Å². The first kappa shape index (κ1) is 21.5. The molecule has 122 valence electrons. The van der Waals surface area contributed by atoms with Crippen molar-refractivity contribution in [3.63, 3.8) is 0 Å². The number of hydrogen-bond donors (Lipinski definition) is 7. The van der Waals surface area contributed by atoms with Gasteiger partial charge >= 0.3 is 0 Å². The number of aliphatic hydroxyl groups excluding tert-OH is 6. The van der Waals surface area contributed by atoms with E-state index in [0.29, 0.717) is 0 Å². The molecule has 1 amide bonds. The number of carbonyl (C=O) groups is 1. The fourth-order valence-corrected chi connectivity index (χ4v) is 1.25. The minimum absolute atomic E-state index is 0.274. The van der Waals surface area contributed by atoms with E-state index < -0.39 is 43.0 Å². The van der Waals surface area contributed by atoms with Gasteiger partial charge in [0.15, 0.2) is 6.10 Å². The Labute approximate surface area is 118 Å². The number of nitrogens with one attached hydrogen (secondary N) is 1. The Bertz CT molecular complexity index is 262. The Kier molecular flexibility index (Phi) is 11.8. The number of hydrogen-bond acceptors (Lipinski definition) is 7. The molecule has 8 heteroatoms. The summed E-state index contributed by atoms with van der Waals surface area (Å²) in [6.45, 7) is 6.44. The van der Waals surface area contributed by atoms with E-state index in [9.17, 15) is 25.2 Å². The van der Waals surface area contributed by atoms with Crippen LogP contribution in [0.5, 0.6) is 0 Å². The molecule has 7 N–H and O–H groups in total. The summed E-state index contributed by atoms with van der Waals surface area (Å²) in [6.07, 6.45) is -9.48. The van der Waals surface area contributed by atoms with Gasteiger partial charge in [0.1, 0.15) is 24.4 Å². The van der Waals surface area contributed by atoms with Crippen molar-refractivity contribution in [2.75, 3.05) is 6.61 Å². The van der Waals surface area contributed by atoms with Gasteiger partial charge in [-0.25, -0.2) is 0 Å². The van der Waals surface area contributed by atoms with E-state index in [4.69, 9.17) is 10.2 Å². The molecule has 0 aromatic heterocycles. The van der Waals surface area contributed by atoms with E-state index in [1.807, 2.05) is 13.8 Å². The Hall–Kier alpha value is -0.770. The molecule has 0 saturated heterocycles. The van der Waals surface area contributed by atoms with Crippen molar-refractivity contribution in [3.05, 3.63) is 0 Å². The molecule has 8 nitrogen and oxygen atoms in total. The third kappa shape index (κ3) is 7.13. The topological polar surface area (TPSA) is 150 Å². The molecule has 5 unspecified atom stereocenters. The van der Waals surface area contributed by atoms with Crippen LogP contribution < -0.4 is 5.32 Å². The molecule has 0 spiro atoms. The van der Waals surface area contributed by atoms with Gasteiger partial charge in [-0.15, -0.1) is 0 Å². The molecular weight excluding hydrogens is 270 g/mol. The van der Waals surface area contributed by atoms with E-state index >= 15 is 0 Å². The highest BCUT2D eigenvalue weighted by Crippen LogP contribution is 2.09. The molecule has 0 aromatic carbocycles. The summed E-state index contributed by atoms with van der Waals surface area (Å²) in [6, 6.07) is -0.274. The lowest BCUT2D eigenvalue weighted by molar-refractivity contribution is -0.157. The van der Waals surface area contributed by atoms with Crippen molar-refractivity contribution in [2.24, 2.45) is 0 Å². The summed E-state index contributed by atoms with van der Waals surface area (Å²) in [7, 11) is 0. The highest BCUT2D eigenvalue weighted by Gasteiger charge is 2.37. The fraction of sp³-hybridized carbons (Fsp3) is 0.917. The van der Waals surface area contributed by atoms with Crippen LogP contribution >= 0.6 is 0 Å².